The molecular weight excluding hydrogens is 392 g/mol. The molecule has 6 nitrogen and oxygen atoms in total. The van der Waals surface area contributed by atoms with E-state index in [2.05, 4.69) is 5.32 Å². The maximum absolute atomic E-state index is 12.1. The van der Waals surface area contributed by atoms with Gasteiger partial charge in [-0.05, 0) is 35.4 Å². The van der Waals surface area contributed by atoms with Crippen LogP contribution in [-0.4, -0.2) is 27.1 Å². The van der Waals surface area contributed by atoms with Crippen LogP contribution < -0.4 is 25.3 Å². The van der Waals surface area contributed by atoms with Gasteiger partial charge in [0.05, 0.1) is 21.3 Å². The summed E-state index contributed by atoms with van der Waals surface area (Å²) >= 11 is 0. The molecule has 0 amide bonds. The highest BCUT2D eigenvalue weighted by Gasteiger charge is 2.12. The smallest absolute Gasteiger partial charge is 0.203 e. The number of ketones is 1. The van der Waals surface area contributed by atoms with Crippen molar-refractivity contribution in [3.63, 3.8) is 0 Å². The Kier molecular flexibility index (Phi) is 7.17. The second kappa shape index (κ2) is 10.2. The Hall–Kier alpha value is -3.93. The van der Waals surface area contributed by atoms with Crippen molar-refractivity contribution in [2.24, 2.45) is 5.73 Å². The van der Waals surface area contributed by atoms with Gasteiger partial charge in [-0.1, -0.05) is 36.4 Å². The first-order valence-electron chi connectivity index (χ1n) is 9.76. The molecule has 0 saturated carbocycles. The van der Waals surface area contributed by atoms with Crippen LogP contribution in [0.1, 0.15) is 17.5 Å². The van der Waals surface area contributed by atoms with Crippen LogP contribution in [0.2, 0.25) is 0 Å². The summed E-state index contributed by atoms with van der Waals surface area (Å²) < 4.78 is 16.1. The van der Waals surface area contributed by atoms with Gasteiger partial charge >= 0.3 is 0 Å². The van der Waals surface area contributed by atoms with Crippen molar-refractivity contribution in [1.82, 2.24) is 0 Å². The number of methoxy groups -OCH3 is 3. The van der Waals surface area contributed by atoms with Crippen LogP contribution >= 0.6 is 0 Å². The van der Waals surface area contributed by atoms with Crippen molar-refractivity contribution in [2.75, 3.05) is 26.6 Å². The zero-order valence-corrected chi connectivity index (χ0v) is 17.8. The summed E-state index contributed by atoms with van der Waals surface area (Å²) in [7, 11) is 4.76. The van der Waals surface area contributed by atoms with Crippen molar-refractivity contribution in [3.8, 4) is 17.2 Å². The average molecular weight is 418 g/mol. The number of hydrogen-bond acceptors (Lipinski definition) is 6. The normalized spacial score (nSPS) is 13.3. The van der Waals surface area contributed by atoms with E-state index in [0.717, 1.165) is 16.8 Å². The average Bonchev–Trinajstić information content (AvgIpc) is 3.23. The summed E-state index contributed by atoms with van der Waals surface area (Å²) in [6.45, 7) is 0. The van der Waals surface area contributed by atoms with E-state index >= 15 is 0 Å². The molecule has 6 heteroatoms. The van der Waals surface area contributed by atoms with Crippen LogP contribution in [0.3, 0.4) is 0 Å². The van der Waals surface area contributed by atoms with Crippen molar-refractivity contribution < 1.29 is 19.0 Å². The Morgan fingerprint density at radius 1 is 0.968 bits per heavy atom. The van der Waals surface area contributed by atoms with Gasteiger partial charge in [-0.25, -0.2) is 0 Å². The molecule has 2 aromatic carbocycles. The predicted molar refractivity (Wildman–Crippen MR) is 124 cm³/mol. The topological polar surface area (TPSA) is 82.8 Å². The SMILES string of the molecule is COc1cc(/C=C\c2ccc(N/C=C\C(=O)C3=C(N)CC=C3)cc2)cc(OC)c1OC. The standard InChI is InChI=1S/C25H26N2O4/c1-29-23-15-18(16-24(30-2)25(23)31-3)8-7-17-9-11-19(12-10-17)27-14-13-22(28)20-5-4-6-21(20)26/h4-5,7-16,27H,6,26H2,1-3H3/b8-7-,14-13-. The number of nitrogens with two attached hydrogens (primary N) is 1. The van der Waals surface area contributed by atoms with Crippen LogP contribution in [-0.2, 0) is 4.79 Å². The van der Waals surface area contributed by atoms with E-state index in [0.29, 0.717) is 34.9 Å². The Bertz CT molecular complexity index is 1040. The van der Waals surface area contributed by atoms with Crippen LogP contribution in [0, 0.1) is 0 Å². The fraction of sp³-hybridized carbons (Fsp3) is 0.160. The molecule has 0 fully saturated rings. The summed E-state index contributed by atoms with van der Waals surface area (Å²) in [4.78, 5) is 12.1. The Labute approximate surface area is 182 Å². The summed E-state index contributed by atoms with van der Waals surface area (Å²) in [5.74, 6) is 1.66. The molecule has 0 bridgehead atoms. The number of rotatable bonds is 9. The minimum Gasteiger partial charge on any atom is -0.493 e. The van der Waals surface area contributed by atoms with E-state index in [4.69, 9.17) is 19.9 Å². The van der Waals surface area contributed by atoms with Crippen LogP contribution in [0.15, 0.2) is 72.1 Å². The van der Waals surface area contributed by atoms with Crippen molar-refractivity contribution in [1.29, 1.82) is 0 Å². The highest BCUT2D eigenvalue weighted by Crippen LogP contribution is 2.38. The molecule has 3 N–H and O–H groups in total. The highest BCUT2D eigenvalue weighted by molar-refractivity contribution is 6.07. The minimum absolute atomic E-state index is 0.108. The van der Waals surface area contributed by atoms with Gasteiger partial charge in [0.2, 0.25) is 5.75 Å². The molecule has 3 rings (SSSR count). The third kappa shape index (κ3) is 5.36. The van der Waals surface area contributed by atoms with E-state index in [9.17, 15) is 4.79 Å². The molecule has 2 aromatic rings. The molecule has 0 unspecified atom stereocenters. The summed E-state index contributed by atoms with van der Waals surface area (Å²) in [6, 6.07) is 11.6. The molecule has 0 aromatic heterocycles. The van der Waals surface area contributed by atoms with Crippen LogP contribution in [0.5, 0.6) is 17.2 Å². The summed E-state index contributed by atoms with van der Waals surface area (Å²) in [6.07, 6.45) is 11.3. The number of benzene rings is 2. The first kappa shape index (κ1) is 21.8. The zero-order valence-electron chi connectivity index (χ0n) is 17.8. The van der Waals surface area contributed by atoms with Crippen LogP contribution in [0.25, 0.3) is 12.2 Å². The van der Waals surface area contributed by atoms with Gasteiger partial charge < -0.3 is 25.3 Å². The van der Waals surface area contributed by atoms with Crippen LogP contribution in [0.4, 0.5) is 5.69 Å². The van der Waals surface area contributed by atoms with E-state index in [1.54, 1.807) is 33.6 Å². The first-order chi connectivity index (χ1) is 15.0. The quantitative estimate of drug-likeness (QED) is 0.459. The van der Waals surface area contributed by atoms with Gasteiger partial charge in [0, 0.05) is 35.7 Å². The number of hydrogen-bond donors (Lipinski definition) is 2. The largest absolute Gasteiger partial charge is 0.493 e. The molecule has 160 valence electrons. The van der Waals surface area contributed by atoms with E-state index < -0.39 is 0 Å². The molecule has 31 heavy (non-hydrogen) atoms. The number of carbonyl (C=O) groups is 1. The second-order valence-corrected chi connectivity index (χ2v) is 6.80. The zero-order chi connectivity index (χ0) is 22.2. The maximum Gasteiger partial charge on any atom is 0.203 e. The van der Waals surface area contributed by atoms with Gasteiger partial charge in [-0.15, -0.1) is 0 Å². The van der Waals surface area contributed by atoms with Crippen molar-refractivity contribution in [3.05, 3.63) is 83.2 Å². The lowest BCUT2D eigenvalue weighted by Crippen LogP contribution is -2.04. The van der Waals surface area contributed by atoms with Gasteiger partial charge in [0.1, 0.15) is 0 Å². The fourth-order valence-corrected chi connectivity index (χ4v) is 3.14. The molecule has 1 aliphatic rings. The van der Waals surface area contributed by atoms with Gasteiger partial charge in [0.25, 0.3) is 0 Å². The monoisotopic (exact) mass is 418 g/mol. The van der Waals surface area contributed by atoms with Gasteiger partial charge in [-0.3, -0.25) is 4.79 Å². The Morgan fingerprint density at radius 3 is 2.16 bits per heavy atom. The molecule has 0 saturated heterocycles. The molecule has 0 aliphatic heterocycles. The van der Waals surface area contributed by atoms with Crippen molar-refractivity contribution >= 4 is 23.6 Å². The Balaban J connectivity index is 1.65. The lowest BCUT2D eigenvalue weighted by atomic mass is 10.1. The third-order valence-electron chi connectivity index (χ3n) is 4.78. The molecular formula is C25H26N2O4. The van der Waals surface area contributed by atoms with E-state index in [1.165, 1.54) is 6.08 Å². The first-order valence-corrected chi connectivity index (χ1v) is 9.76. The molecule has 0 atom stereocenters. The lowest BCUT2D eigenvalue weighted by Gasteiger charge is -2.12. The lowest BCUT2D eigenvalue weighted by molar-refractivity contribution is -0.111. The number of nitrogens with one attached hydrogen (secondary N) is 1. The predicted octanol–water partition coefficient (Wildman–Crippen LogP) is 4.55. The summed E-state index contributed by atoms with van der Waals surface area (Å²) in [5, 5.41) is 3.10. The fourth-order valence-electron chi connectivity index (χ4n) is 3.14. The van der Waals surface area contributed by atoms with E-state index in [-0.39, 0.29) is 5.78 Å². The van der Waals surface area contributed by atoms with Gasteiger partial charge in [0.15, 0.2) is 17.3 Å². The second-order valence-electron chi connectivity index (χ2n) is 6.80. The summed E-state index contributed by atoms with van der Waals surface area (Å²) in [5.41, 5.74) is 9.80. The molecule has 0 radical (unpaired) electrons. The highest BCUT2D eigenvalue weighted by atomic mass is 16.5. The number of ether oxygens (including phenoxy) is 3. The number of anilines is 1. The minimum atomic E-state index is -0.108. The molecule has 0 spiro atoms. The molecule has 0 heterocycles. The molecule has 1 aliphatic carbocycles. The maximum atomic E-state index is 12.1. The number of carbonyl (C=O) groups excluding carboxylic acids is 1. The third-order valence-corrected chi connectivity index (χ3v) is 4.78. The van der Waals surface area contributed by atoms with Crippen molar-refractivity contribution in [2.45, 2.75) is 6.42 Å². The number of allylic oxidation sites excluding steroid dienone is 4. The Morgan fingerprint density at radius 2 is 1.61 bits per heavy atom. The van der Waals surface area contributed by atoms with Gasteiger partial charge in [-0.2, -0.15) is 0 Å². The van der Waals surface area contributed by atoms with E-state index in [1.807, 2.05) is 54.6 Å².